The zero-order chi connectivity index (χ0) is 9.86. The summed E-state index contributed by atoms with van der Waals surface area (Å²) in [7, 11) is 0. The van der Waals surface area contributed by atoms with Crippen LogP contribution in [0.15, 0.2) is 30.3 Å². The van der Waals surface area contributed by atoms with Crippen molar-refractivity contribution in [2.24, 2.45) is 5.41 Å². The van der Waals surface area contributed by atoms with E-state index in [1.54, 1.807) is 0 Å². The molecule has 0 spiro atoms. The standard InChI is InChI=1S/C14H16/c1-14(10-5-6-11-14)12-9-13-7-3-2-4-8-13/h2-4,7-8H,5-6,10-11H2,1H3. The predicted molar refractivity (Wildman–Crippen MR) is 59.9 cm³/mol. The molecule has 1 aromatic carbocycles. The molecule has 1 fully saturated rings. The molecular weight excluding hydrogens is 168 g/mol. The lowest BCUT2D eigenvalue weighted by Crippen LogP contribution is -2.06. The van der Waals surface area contributed by atoms with E-state index >= 15 is 0 Å². The molecule has 0 bridgehead atoms. The zero-order valence-corrected chi connectivity index (χ0v) is 8.72. The van der Waals surface area contributed by atoms with Gasteiger partial charge in [0.1, 0.15) is 0 Å². The summed E-state index contributed by atoms with van der Waals surface area (Å²) in [5.41, 5.74) is 1.43. The van der Waals surface area contributed by atoms with Gasteiger partial charge in [-0.3, -0.25) is 0 Å². The fourth-order valence-corrected chi connectivity index (χ4v) is 2.02. The predicted octanol–water partition coefficient (Wildman–Crippen LogP) is 3.62. The lowest BCUT2D eigenvalue weighted by atomic mass is 9.89. The van der Waals surface area contributed by atoms with Gasteiger partial charge in [-0.15, -0.1) is 0 Å². The monoisotopic (exact) mass is 184 g/mol. The van der Waals surface area contributed by atoms with Crippen LogP contribution in [-0.2, 0) is 0 Å². The Labute approximate surface area is 86.3 Å². The van der Waals surface area contributed by atoms with Crippen molar-refractivity contribution < 1.29 is 0 Å². The van der Waals surface area contributed by atoms with Crippen molar-refractivity contribution in [2.45, 2.75) is 32.6 Å². The van der Waals surface area contributed by atoms with Gasteiger partial charge in [0.2, 0.25) is 0 Å². The van der Waals surface area contributed by atoms with E-state index in [0.29, 0.717) is 0 Å². The van der Waals surface area contributed by atoms with Gasteiger partial charge in [0.15, 0.2) is 0 Å². The van der Waals surface area contributed by atoms with Crippen molar-refractivity contribution in [3.05, 3.63) is 35.9 Å². The van der Waals surface area contributed by atoms with Gasteiger partial charge in [-0.05, 0) is 31.9 Å². The van der Waals surface area contributed by atoms with Crippen LogP contribution in [0.25, 0.3) is 0 Å². The smallest absolute Gasteiger partial charge is 0.0290 e. The van der Waals surface area contributed by atoms with Crippen molar-refractivity contribution in [1.82, 2.24) is 0 Å². The van der Waals surface area contributed by atoms with Gasteiger partial charge in [-0.2, -0.15) is 0 Å². The Bertz CT molecular complexity index is 345. The third-order valence-corrected chi connectivity index (χ3v) is 2.99. The summed E-state index contributed by atoms with van der Waals surface area (Å²) < 4.78 is 0. The summed E-state index contributed by atoms with van der Waals surface area (Å²) in [5, 5.41) is 0. The third-order valence-electron chi connectivity index (χ3n) is 2.99. The van der Waals surface area contributed by atoms with Crippen molar-refractivity contribution in [1.29, 1.82) is 0 Å². The van der Waals surface area contributed by atoms with Gasteiger partial charge in [-0.1, -0.05) is 42.9 Å². The van der Waals surface area contributed by atoms with Crippen molar-refractivity contribution in [3.8, 4) is 11.8 Å². The molecule has 1 aliphatic rings. The van der Waals surface area contributed by atoms with Gasteiger partial charge in [0.05, 0.1) is 0 Å². The minimum atomic E-state index is 0.288. The maximum absolute atomic E-state index is 3.42. The Balaban J connectivity index is 2.14. The van der Waals surface area contributed by atoms with Gasteiger partial charge < -0.3 is 0 Å². The van der Waals surface area contributed by atoms with E-state index in [1.807, 2.05) is 18.2 Å². The second-order valence-corrected chi connectivity index (χ2v) is 4.38. The summed E-state index contributed by atoms with van der Waals surface area (Å²) in [5.74, 6) is 6.70. The van der Waals surface area contributed by atoms with Gasteiger partial charge >= 0.3 is 0 Å². The minimum absolute atomic E-state index is 0.288. The highest BCUT2D eigenvalue weighted by molar-refractivity contribution is 5.35. The van der Waals surface area contributed by atoms with Crippen LogP contribution >= 0.6 is 0 Å². The summed E-state index contributed by atoms with van der Waals surface area (Å²) in [4.78, 5) is 0. The van der Waals surface area contributed by atoms with E-state index in [0.717, 1.165) is 5.56 Å². The van der Waals surface area contributed by atoms with E-state index in [1.165, 1.54) is 25.7 Å². The Morgan fingerprint density at radius 3 is 2.36 bits per heavy atom. The molecule has 0 aromatic heterocycles. The molecule has 0 radical (unpaired) electrons. The summed E-state index contributed by atoms with van der Waals surface area (Å²) in [6.45, 7) is 2.29. The molecule has 0 saturated heterocycles. The molecular formula is C14H16. The first-order valence-corrected chi connectivity index (χ1v) is 5.37. The van der Waals surface area contributed by atoms with Gasteiger partial charge in [0, 0.05) is 11.0 Å². The fraction of sp³-hybridized carbons (Fsp3) is 0.429. The number of hydrogen-bond acceptors (Lipinski definition) is 0. The summed E-state index contributed by atoms with van der Waals surface area (Å²) in [6.07, 6.45) is 5.24. The Kier molecular flexibility index (Phi) is 2.59. The minimum Gasteiger partial charge on any atom is -0.0914 e. The van der Waals surface area contributed by atoms with Gasteiger partial charge in [-0.25, -0.2) is 0 Å². The lowest BCUT2D eigenvalue weighted by Gasteiger charge is -2.13. The molecule has 0 N–H and O–H groups in total. The average Bonchev–Trinajstić information content (AvgIpc) is 2.65. The first-order valence-electron chi connectivity index (χ1n) is 5.37. The maximum Gasteiger partial charge on any atom is 0.0290 e. The Morgan fingerprint density at radius 2 is 1.71 bits per heavy atom. The normalized spacial score (nSPS) is 18.6. The van der Waals surface area contributed by atoms with E-state index < -0.39 is 0 Å². The summed E-state index contributed by atoms with van der Waals surface area (Å²) in [6, 6.07) is 10.3. The highest BCUT2D eigenvalue weighted by Crippen LogP contribution is 2.36. The van der Waals surface area contributed by atoms with Crippen molar-refractivity contribution >= 4 is 0 Å². The fourth-order valence-electron chi connectivity index (χ4n) is 2.02. The SMILES string of the molecule is CC1(C#Cc2ccccc2)CCCC1. The molecule has 2 rings (SSSR count). The van der Waals surface area contributed by atoms with Crippen LogP contribution in [0.3, 0.4) is 0 Å². The summed E-state index contributed by atoms with van der Waals surface area (Å²) >= 11 is 0. The lowest BCUT2D eigenvalue weighted by molar-refractivity contribution is 0.469. The van der Waals surface area contributed by atoms with Crippen molar-refractivity contribution in [3.63, 3.8) is 0 Å². The largest absolute Gasteiger partial charge is 0.0914 e. The molecule has 1 aliphatic carbocycles. The molecule has 0 aliphatic heterocycles. The van der Waals surface area contributed by atoms with Crippen LogP contribution in [0.5, 0.6) is 0 Å². The molecule has 1 aromatic rings. The van der Waals surface area contributed by atoms with Gasteiger partial charge in [0.25, 0.3) is 0 Å². The number of benzene rings is 1. The number of rotatable bonds is 0. The molecule has 0 nitrogen and oxygen atoms in total. The molecule has 1 saturated carbocycles. The quantitative estimate of drug-likeness (QED) is 0.540. The van der Waals surface area contributed by atoms with Crippen LogP contribution in [0, 0.1) is 17.3 Å². The molecule has 72 valence electrons. The zero-order valence-electron chi connectivity index (χ0n) is 8.72. The number of hydrogen-bond donors (Lipinski definition) is 0. The molecule has 0 atom stereocenters. The Morgan fingerprint density at radius 1 is 1.07 bits per heavy atom. The molecule has 0 heteroatoms. The third kappa shape index (κ3) is 2.17. The second kappa shape index (κ2) is 3.88. The highest BCUT2D eigenvalue weighted by Gasteiger charge is 2.25. The molecule has 0 heterocycles. The first kappa shape index (κ1) is 9.34. The average molecular weight is 184 g/mol. The topological polar surface area (TPSA) is 0 Å². The van der Waals surface area contributed by atoms with Crippen LogP contribution in [0.1, 0.15) is 38.2 Å². The van der Waals surface area contributed by atoms with Crippen LogP contribution < -0.4 is 0 Å². The van der Waals surface area contributed by atoms with Crippen molar-refractivity contribution in [2.75, 3.05) is 0 Å². The Hall–Kier alpha value is -1.22. The van der Waals surface area contributed by atoms with E-state index in [9.17, 15) is 0 Å². The van der Waals surface area contributed by atoms with Crippen LogP contribution in [0.4, 0.5) is 0 Å². The van der Waals surface area contributed by atoms with E-state index in [4.69, 9.17) is 0 Å². The van der Waals surface area contributed by atoms with Crippen LogP contribution in [-0.4, -0.2) is 0 Å². The first-order chi connectivity index (χ1) is 6.79. The molecule has 14 heavy (non-hydrogen) atoms. The molecule has 0 unspecified atom stereocenters. The molecule has 0 amide bonds. The maximum atomic E-state index is 3.42. The van der Waals surface area contributed by atoms with Crippen LogP contribution in [0.2, 0.25) is 0 Å². The van der Waals surface area contributed by atoms with E-state index in [2.05, 4.69) is 30.9 Å². The highest BCUT2D eigenvalue weighted by atomic mass is 14.3. The second-order valence-electron chi connectivity index (χ2n) is 4.38. The van der Waals surface area contributed by atoms with E-state index in [-0.39, 0.29) is 5.41 Å².